The molecule has 0 fully saturated rings. The Morgan fingerprint density at radius 3 is 1.25 bits per heavy atom. The van der Waals surface area contributed by atoms with Gasteiger partial charge in [0.05, 0.1) is 42.4 Å². The van der Waals surface area contributed by atoms with E-state index in [1.165, 1.54) is 6.08 Å². The van der Waals surface area contributed by atoms with Crippen LogP contribution in [0.5, 0.6) is 0 Å². The van der Waals surface area contributed by atoms with Gasteiger partial charge in [-0.15, -0.1) is 0 Å². The zero-order chi connectivity index (χ0) is 38.9. The van der Waals surface area contributed by atoms with Gasteiger partial charge < -0.3 is 42.6 Å². The Labute approximate surface area is 300 Å². The maximum atomic E-state index is 11.9. The van der Waals surface area contributed by atoms with Crippen LogP contribution in [0.3, 0.4) is 0 Å². The number of hydrogen-bond acceptors (Lipinski definition) is 14. The van der Waals surface area contributed by atoms with Gasteiger partial charge >= 0.3 is 29.8 Å². The van der Waals surface area contributed by atoms with Crippen LogP contribution in [0.1, 0.15) is 27.2 Å². The van der Waals surface area contributed by atoms with Crippen molar-refractivity contribution >= 4 is 29.8 Å². The Hall–Kier alpha value is -4.79. The van der Waals surface area contributed by atoms with Gasteiger partial charge in [0.15, 0.2) is 0 Å². The average molecular weight is 721 g/mol. The SMILES string of the molecule is C=CC(=C)OCC(COC(=O)C=C)(COC(=O)C=C)COC(C)(C)CCOC(C)COCC(COC(=O)C=C)(COC(=O)C=C)COC(=O)C=C. The molecule has 14 heteroatoms. The molecule has 0 saturated heterocycles. The van der Waals surface area contributed by atoms with Crippen molar-refractivity contribution < 1.29 is 66.6 Å². The first kappa shape index (κ1) is 46.2. The quantitative estimate of drug-likeness (QED) is 0.0344. The van der Waals surface area contributed by atoms with E-state index in [1.54, 1.807) is 6.92 Å². The van der Waals surface area contributed by atoms with Crippen LogP contribution >= 0.6 is 0 Å². The summed E-state index contributed by atoms with van der Waals surface area (Å²) in [4.78, 5) is 59.3. The van der Waals surface area contributed by atoms with Crippen LogP contribution < -0.4 is 0 Å². The number of hydrogen-bond donors (Lipinski definition) is 0. The van der Waals surface area contributed by atoms with E-state index in [0.29, 0.717) is 6.42 Å². The van der Waals surface area contributed by atoms with Crippen molar-refractivity contribution in [2.24, 2.45) is 10.8 Å². The molecular weight excluding hydrogens is 668 g/mol. The van der Waals surface area contributed by atoms with Crippen molar-refractivity contribution in [1.29, 1.82) is 0 Å². The van der Waals surface area contributed by atoms with E-state index in [4.69, 9.17) is 42.6 Å². The predicted molar refractivity (Wildman–Crippen MR) is 187 cm³/mol. The topological polar surface area (TPSA) is 168 Å². The van der Waals surface area contributed by atoms with E-state index in [-0.39, 0.29) is 71.8 Å². The van der Waals surface area contributed by atoms with Crippen molar-refractivity contribution in [1.82, 2.24) is 0 Å². The highest BCUT2D eigenvalue weighted by Gasteiger charge is 2.38. The molecule has 1 atom stereocenters. The largest absolute Gasteiger partial charge is 0.493 e. The van der Waals surface area contributed by atoms with Crippen molar-refractivity contribution in [3.8, 4) is 0 Å². The van der Waals surface area contributed by atoms with Crippen LogP contribution in [-0.4, -0.2) is 108 Å². The van der Waals surface area contributed by atoms with Crippen molar-refractivity contribution in [3.05, 3.63) is 88.3 Å². The van der Waals surface area contributed by atoms with Gasteiger partial charge in [-0.2, -0.15) is 0 Å². The van der Waals surface area contributed by atoms with Crippen molar-refractivity contribution in [3.63, 3.8) is 0 Å². The Balaban J connectivity index is 5.56. The first-order valence-electron chi connectivity index (χ1n) is 15.8. The number of allylic oxidation sites excluding steroid dienone is 1. The molecule has 14 nitrogen and oxygen atoms in total. The van der Waals surface area contributed by atoms with Gasteiger partial charge in [0.25, 0.3) is 0 Å². The first-order chi connectivity index (χ1) is 24.0. The van der Waals surface area contributed by atoms with Gasteiger partial charge in [0.1, 0.15) is 45.4 Å². The molecule has 0 bridgehead atoms. The lowest BCUT2D eigenvalue weighted by atomic mass is 9.91. The van der Waals surface area contributed by atoms with Gasteiger partial charge in [0, 0.05) is 37.0 Å². The Morgan fingerprint density at radius 1 is 0.549 bits per heavy atom. The lowest BCUT2D eigenvalue weighted by Gasteiger charge is -2.36. The van der Waals surface area contributed by atoms with Crippen LogP contribution in [0.4, 0.5) is 0 Å². The van der Waals surface area contributed by atoms with Gasteiger partial charge in [0.2, 0.25) is 0 Å². The summed E-state index contributed by atoms with van der Waals surface area (Å²) < 4.78 is 50.0. The van der Waals surface area contributed by atoms with E-state index < -0.39 is 52.4 Å². The molecule has 0 aliphatic rings. The summed E-state index contributed by atoms with van der Waals surface area (Å²) in [7, 11) is 0. The highest BCUT2D eigenvalue weighted by Crippen LogP contribution is 2.27. The molecule has 0 aromatic heterocycles. The fourth-order valence-electron chi connectivity index (χ4n) is 3.64. The summed E-state index contributed by atoms with van der Waals surface area (Å²) in [5.41, 5.74) is -3.21. The summed E-state index contributed by atoms with van der Waals surface area (Å²) in [6, 6.07) is 0. The van der Waals surface area contributed by atoms with Crippen LogP contribution in [0.15, 0.2) is 88.3 Å². The van der Waals surface area contributed by atoms with Gasteiger partial charge in [-0.25, -0.2) is 24.0 Å². The molecule has 0 rings (SSSR count). The second-order valence-electron chi connectivity index (χ2n) is 12.0. The van der Waals surface area contributed by atoms with E-state index >= 15 is 0 Å². The van der Waals surface area contributed by atoms with Gasteiger partial charge in [-0.05, 0) is 33.3 Å². The lowest BCUT2D eigenvalue weighted by molar-refractivity contribution is -0.166. The van der Waals surface area contributed by atoms with Gasteiger partial charge in [-0.1, -0.05) is 46.1 Å². The maximum absolute atomic E-state index is 11.9. The molecule has 0 heterocycles. The number of esters is 5. The Bertz CT molecular complexity index is 1130. The van der Waals surface area contributed by atoms with E-state index in [0.717, 1.165) is 30.4 Å². The molecule has 0 N–H and O–H groups in total. The lowest BCUT2D eigenvalue weighted by Crippen LogP contribution is -2.45. The third kappa shape index (κ3) is 20.5. The molecule has 0 spiro atoms. The highest BCUT2D eigenvalue weighted by atomic mass is 16.6. The molecule has 0 aromatic rings. The molecule has 1 unspecified atom stereocenters. The molecule has 0 amide bonds. The molecular formula is C37H52O14. The molecule has 0 aliphatic heterocycles. The van der Waals surface area contributed by atoms with E-state index in [9.17, 15) is 24.0 Å². The van der Waals surface area contributed by atoms with Gasteiger partial charge in [-0.3, -0.25) is 0 Å². The second-order valence-corrected chi connectivity index (χ2v) is 12.0. The van der Waals surface area contributed by atoms with Crippen molar-refractivity contribution in [2.75, 3.05) is 66.1 Å². The summed E-state index contributed by atoms with van der Waals surface area (Å²) >= 11 is 0. The predicted octanol–water partition coefficient (Wildman–Crippen LogP) is 3.93. The fourth-order valence-corrected chi connectivity index (χ4v) is 3.64. The second kappa shape index (κ2) is 24.4. The monoisotopic (exact) mass is 720 g/mol. The highest BCUT2D eigenvalue weighted by molar-refractivity contribution is 5.82. The molecule has 284 valence electrons. The van der Waals surface area contributed by atoms with Crippen LogP contribution in [0.25, 0.3) is 0 Å². The minimum Gasteiger partial charge on any atom is -0.493 e. The zero-order valence-electron chi connectivity index (χ0n) is 30.0. The smallest absolute Gasteiger partial charge is 0.330 e. The van der Waals surface area contributed by atoms with Crippen molar-refractivity contribution in [2.45, 2.75) is 38.9 Å². The molecule has 51 heavy (non-hydrogen) atoms. The number of rotatable bonds is 30. The standard InChI is InChI=1S/C37H52O14/c1-11-28(7)45-21-37(25-49-33(41)15-5,26-50-34(42)16-6)27-51-35(9,10)17-18-44-29(8)19-43-20-36(22-46-30(38)12-2,23-47-31(39)13-3)24-48-32(40)14-4/h11-16,29H,1-7,17-27H2,8-10H3. The van der Waals surface area contributed by atoms with Crippen LogP contribution in [0.2, 0.25) is 0 Å². The first-order valence-corrected chi connectivity index (χ1v) is 15.8. The van der Waals surface area contributed by atoms with Crippen LogP contribution in [0, 0.1) is 10.8 Å². The average Bonchev–Trinajstić information content (AvgIpc) is 3.13. The molecule has 0 aromatic carbocycles. The minimum atomic E-state index is -1.28. The fraction of sp³-hybridized carbons (Fsp3) is 0.486. The third-order valence-electron chi connectivity index (χ3n) is 6.86. The summed E-state index contributed by atoms with van der Waals surface area (Å²) in [5, 5.41) is 0. The minimum absolute atomic E-state index is 0.0558. The maximum Gasteiger partial charge on any atom is 0.330 e. The third-order valence-corrected chi connectivity index (χ3v) is 6.86. The Morgan fingerprint density at radius 2 is 0.902 bits per heavy atom. The number of ether oxygens (including phenoxy) is 9. The molecule has 0 aliphatic carbocycles. The van der Waals surface area contributed by atoms with Crippen LogP contribution in [-0.2, 0) is 66.6 Å². The van der Waals surface area contributed by atoms with E-state index in [2.05, 4.69) is 46.1 Å². The zero-order valence-corrected chi connectivity index (χ0v) is 30.0. The normalized spacial score (nSPS) is 11.8. The molecule has 0 saturated carbocycles. The Kier molecular flexibility index (Phi) is 22.1. The number of carbonyl (C=O) groups excluding carboxylic acids is 5. The summed E-state index contributed by atoms with van der Waals surface area (Å²) in [6.45, 7) is 28.1. The summed E-state index contributed by atoms with van der Waals surface area (Å²) in [6.07, 6.45) is 6.23. The molecule has 0 radical (unpaired) electrons. The van der Waals surface area contributed by atoms with E-state index in [1.807, 2.05) is 13.8 Å². The number of carbonyl (C=O) groups is 5. The summed E-state index contributed by atoms with van der Waals surface area (Å²) in [5.74, 6) is -3.35.